The summed E-state index contributed by atoms with van der Waals surface area (Å²) in [7, 11) is -2.03. The highest BCUT2D eigenvalue weighted by molar-refractivity contribution is 7.89. The van der Waals surface area contributed by atoms with E-state index in [9.17, 15) is 8.42 Å². The smallest absolute Gasteiger partial charge is 0.260 e. The van der Waals surface area contributed by atoms with E-state index in [0.717, 1.165) is 5.56 Å². The number of alkyl halides is 1. The molecule has 0 fully saturated rings. The van der Waals surface area contributed by atoms with Crippen molar-refractivity contribution in [3.05, 3.63) is 47.7 Å². The Morgan fingerprint density at radius 3 is 2.65 bits per heavy atom. The van der Waals surface area contributed by atoms with Crippen LogP contribution in [-0.2, 0) is 22.3 Å². The molecule has 1 aromatic carbocycles. The fraction of sp³-hybridized carbons (Fsp3) is 0.308. The van der Waals surface area contributed by atoms with Crippen LogP contribution in [0.2, 0.25) is 0 Å². The van der Waals surface area contributed by atoms with Crippen molar-refractivity contribution in [1.82, 2.24) is 14.5 Å². The number of hydrogen-bond acceptors (Lipinski definition) is 3. The zero-order chi connectivity index (χ0) is 14.6. The summed E-state index contributed by atoms with van der Waals surface area (Å²) in [5.41, 5.74) is 1.58. The Morgan fingerprint density at radius 2 is 2.00 bits per heavy atom. The van der Waals surface area contributed by atoms with Crippen LogP contribution in [0.3, 0.4) is 0 Å². The van der Waals surface area contributed by atoms with Crippen molar-refractivity contribution in [3.63, 3.8) is 0 Å². The van der Waals surface area contributed by atoms with Gasteiger partial charge in [-0.1, -0.05) is 30.3 Å². The highest BCUT2D eigenvalue weighted by Gasteiger charge is 2.25. The number of nitrogens with zero attached hydrogens (tertiary/aromatic N) is 2. The SMILES string of the molecule is CN(CCc1ccccc1)S(=O)(=O)c1[nH]ncc1CCl. The molecular weight excluding hydrogens is 298 g/mol. The van der Waals surface area contributed by atoms with Gasteiger partial charge in [0.25, 0.3) is 10.0 Å². The van der Waals surface area contributed by atoms with Gasteiger partial charge in [-0.2, -0.15) is 9.40 Å². The van der Waals surface area contributed by atoms with Crippen molar-refractivity contribution in [1.29, 1.82) is 0 Å². The summed E-state index contributed by atoms with van der Waals surface area (Å²) in [4.78, 5) is 0. The first-order valence-corrected chi connectivity index (χ1v) is 8.11. The maximum Gasteiger partial charge on any atom is 0.260 e. The molecule has 5 nitrogen and oxygen atoms in total. The molecule has 0 bridgehead atoms. The molecule has 2 aromatic rings. The summed E-state index contributed by atoms with van der Waals surface area (Å²) in [6, 6.07) is 9.75. The molecule has 2 rings (SSSR count). The van der Waals surface area contributed by atoms with E-state index in [4.69, 9.17) is 11.6 Å². The molecule has 0 unspecified atom stereocenters. The Bertz CT molecular complexity index is 655. The van der Waals surface area contributed by atoms with Crippen LogP contribution in [-0.4, -0.2) is 36.5 Å². The molecule has 0 aliphatic rings. The minimum atomic E-state index is -3.58. The fourth-order valence-corrected chi connectivity index (χ4v) is 3.37. The molecule has 0 amide bonds. The van der Waals surface area contributed by atoms with Gasteiger partial charge in [-0.3, -0.25) is 5.10 Å². The summed E-state index contributed by atoms with van der Waals surface area (Å²) in [6.45, 7) is 0.396. The van der Waals surface area contributed by atoms with E-state index in [0.29, 0.717) is 18.5 Å². The molecule has 0 spiro atoms. The third-order valence-electron chi connectivity index (χ3n) is 3.05. The zero-order valence-electron chi connectivity index (χ0n) is 11.1. The second-order valence-electron chi connectivity index (χ2n) is 4.42. The highest BCUT2D eigenvalue weighted by atomic mass is 35.5. The average Bonchev–Trinajstić information content (AvgIpc) is 2.95. The molecule has 0 aliphatic carbocycles. The van der Waals surface area contributed by atoms with Gasteiger partial charge in [-0.15, -0.1) is 11.6 Å². The first kappa shape index (κ1) is 15.0. The third-order valence-corrected chi connectivity index (χ3v) is 5.21. The lowest BCUT2D eigenvalue weighted by Crippen LogP contribution is -2.30. The largest absolute Gasteiger partial charge is 0.266 e. The summed E-state index contributed by atoms with van der Waals surface area (Å²) >= 11 is 5.71. The topological polar surface area (TPSA) is 66.1 Å². The lowest BCUT2D eigenvalue weighted by molar-refractivity contribution is 0.469. The lowest BCUT2D eigenvalue weighted by atomic mass is 10.2. The second-order valence-corrected chi connectivity index (χ2v) is 6.67. The van der Waals surface area contributed by atoms with Gasteiger partial charge >= 0.3 is 0 Å². The van der Waals surface area contributed by atoms with E-state index in [1.807, 2.05) is 30.3 Å². The van der Waals surface area contributed by atoms with E-state index in [1.54, 1.807) is 7.05 Å². The fourth-order valence-electron chi connectivity index (χ4n) is 1.83. The molecule has 0 saturated heterocycles. The van der Waals surface area contributed by atoms with Crippen LogP contribution in [0.4, 0.5) is 0 Å². The summed E-state index contributed by atoms with van der Waals surface area (Å²) in [5.74, 6) is 0.109. The predicted octanol–water partition coefficient (Wildman–Crippen LogP) is 2.01. The molecule has 1 heterocycles. The standard InChI is InChI=1S/C13H16ClN3O2S/c1-17(8-7-11-5-3-2-4-6-11)20(18,19)13-12(9-14)10-15-16-13/h2-6,10H,7-9H2,1H3,(H,15,16). The monoisotopic (exact) mass is 313 g/mol. The van der Waals surface area contributed by atoms with Crippen LogP contribution in [0.1, 0.15) is 11.1 Å². The van der Waals surface area contributed by atoms with Gasteiger partial charge in [0.2, 0.25) is 0 Å². The van der Waals surface area contributed by atoms with Crippen molar-refractivity contribution in [3.8, 4) is 0 Å². The maximum absolute atomic E-state index is 12.4. The second kappa shape index (κ2) is 6.39. The van der Waals surface area contributed by atoms with E-state index in [1.165, 1.54) is 10.5 Å². The van der Waals surface area contributed by atoms with Crippen molar-refractivity contribution >= 4 is 21.6 Å². The Labute approximate surface area is 123 Å². The first-order chi connectivity index (χ1) is 9.55. The van der Waals surface area contributed by atoms with Gasteiger partial charge in [0.05, 0.1) is 12.1 Å². The Balaban J connectivity index is 2.10. The quantitative estimate of drug-likeness (QED) is 0.830. The predicted molar refractivity (Wildman–Crippen MR) is 78.1 cm³/mol. The van der Waals surface area contributed by atoms with Crippen molar-refractivity contribution in [2.24, 2.45) is 0 Å². The number of aromatic amines is 1. The number of aromatic nitrogens is 2. The van der Waals surface area contributed by atoms with Crippen LogP contribution < -0.4 is 0 Å². The van der Waals surface area contributed by atoms with E-state index in [-0.39, 0.29) is 10.9 Å². The van der Waals surface area contributed by atoms with Crippen molar-refractivity contribution in [2.45, 2.75) is 17.3 Å². The van der Waals surface area contributed by atoms with Gasteiger partial charge in [-0.05, 0) is 12.0 Å². The number of H-pyrrole nitrogens is 1. The zero-order valence-corrected chi connectivity index (χ0v) is 12.7. The molecule has 108 valence electrons. The van der Waals surface area contributed by atoms with Gasteiger partial charge in [0.1, 0.15) is 0 Å². The number of nitrogens with one attached hydrogen (secondary N) is 1. The molecule has 7 heteroatoms. The van der Waals surface area contributed by atoms with Crippen LogP contribution >= 0.6 is 11.6 Å². The lowest BCUT2D eigenvalue weighted by Gasteiger charge is -2.16. The summed E-state index contributed by atoms with van der Waals surface area (Å²) in [5, 5.41) is 6.33. The van der Waals surface area contributed by atoms with Gasteiger partial charge < -0.3 is 0 Å². The Hall–Kier alpha value is -1.37. The third kappa shape index (κ3) is 3.20. The number of likely N-dealkylation sites (N-methyl/N-ethyl adjacent to an activating group) is 1. The number of halogens is 1. The number of rotatable bonds is 6. The first-order valence-electron chi connectivity index (χ1n) is 6.14. The van der Waals surface area contributed by atoms with Crippen LogP contribution in [0, 0.1) is 0 Å². The molecule has 20 heavy (non-hydrogen) atoms. The van der Waals surface area contributed by atoms with Crippen molar-refractivity contribution in [2.75, 3.05) is 13.6 Å². The van der Waals surface area contributed by atoms with Gasteiger partial charge in [0.15, 0.2) is 5.03 Å². The molecule has 1 aromatic heterocycles. The molecule has 0 aliphatic heterocycles. The summed E-state index contributed by atoms with van der Waals surface area (Å²) in [6.07, 6.45) is 2.09. The van der Waals surface area contributed by atoms with Crippen LogP contribution in [0.15, 0.2) is 41.6 Å². The van der Waals surface area contributed by atoms with Crippen LogP contribution in [0.5, 0.6) is 0 Å². The van der Waals surface area contributed by atoms with E-state index < -0.39 is 10.0 Å². The molecule has 0 atom stereocenters. The Morgan fingerprint density at radius 1 is 1.30 bits per heavy atom. The van der Waals surface area contributed by atoms with Gasteiger partial charge in [-0.25, -0.2) is 8.42 Å². The minimum Gasteiger partial charge on any atom is -0.266 e. The number of sulfonamides is 1. The number of benzene rings is 1. The molecule has 0 saturated carbocycles. The summed E-state index contributed by atoms with van der Waals surface area (Å²) < 4.78 is 26.1. The normalized spacial score (nSPS) is 11.9. The maximum atomic E-state index is 12.4. The minimum absolute atomic E-state index is 0.0723. The number of hydrogen-bond donors (Lipinski definition) is 1. The molecule has 0 radical (unpaired) electrons. The van der Waals surface area contributed by atoms with E-state index >= 15 is 0 Å². The van der Waals surface area contributed by atoms with Crippen LogP contribution in [0.25, 0.3) is 0 Å². The average molecular weight is 314 g/mol. The Kier molecular flexibility index (Phi) is 4.80. The van der Waals surface area contributed by atoms with Crippen molar-refractivity contribution < 1.29 is 8.42 Å². The van der Waals surface area contributed by atoms with Gasteiger partial charge in [0, 0.05) is 19.2 Å². The van der Waals surface area contributed by atoms with E-state index in [2.05, 4.69) is 10.2 Å². The molecular formula is C13H16ClN3O2S. The highest BCUT2D eigenvalue weighted by Crippen LogP contribution is 2.18. The molecule has 1 N–H and O–H groups in total.